The van der Waals surface area contributed by atoms with Crippen LogP contribution < -0.4 is 5.32 Å². The number of nitrogens with one attached hydrogen (secondary N) is 1. The van der Waals surface area contributed by atoms with Crippen LogP contribution in [-0.2, 0) is 24.7 Å². The number of nitrogens with zero attached hydrogens (tertiary/aromatic N) is 23. The van der Waals surface area contributed by atoms with Gasteiger partial charge in [-0.05, 0) is 197 Å². The molecule has 0 aliphatic carbocycles. The minimum Gasteiger partial charge on any atom is -0.441 e. The van der Waals surface area contributed by atoms with Gasteiger partial charge in [0.15, 0.2) is 67.2 Å². The van der Waals surface area contributed by atoms with Gasteiger partial charge in [-0.15, -0.1) is 0 Å². The van der Waals surface area contributed by atoms with Crippen molar-refractivity contribution in [1.82, 2.24) is 116 Å². The number of carbonyl (C=O) groups excluding carboxylic acids is 6. The molecule has 0 atom stereocenters. The molecule has 0 saturated carbocycles. The van der Waals surface area contributed by atoms with Crippen LogP contribution in [0, 0.1) is 34.6 Å². The third-order valence-electron chi connectivity index (χ3n) is 26.8. The lowest BCUT2D eigenvalue weighted by Gasteiger charge is -2.34. The van der Waals surface area contributed by atoms with E-state index in [0.717, 1.165) is 168 Å². The summed E-state index contributed by atoms with van der Waals surface area (Å²) in [5, 5.41) is 3.27. The van der Waals surface area contributed by atoms with E-state index in [1.54, 1.807) is 67.0 Å². The Hall–Kier alpha value is -16.5. The molecule has 41 heteroatoms. The summed E-state index contributed by atoms with van der Waals surface area (Å²) in [5.41, 5.74) is 23.6. The Bertz CT molecular complexity index is 8750. The van der Waals surface area contributed by atoms with Gasteiger partial charge in [0.2, 0.25) is 15.9 Å². The molecular weight excluding hydrogens is 1900 g/mol. The van der Waals surface area contributed by atoms with Crippen molar-refractivity contribution in [3.05, 3.63) is 272 Å². The summed E-state index contributed by atoms with van der Waals surface area (Å²) in [6, 6.07) is 48.7. The van der Waals surface area contributed by atoms with Crippen LogP contribution in [0.1, 0.15) is 95.2 Å². The van der Waals surface area contributed by atoms with Crippen LogP contribution in [0.3, 0.4) is 0 Å². The lowest BCUT2D eigenvalue weighted by Crippen LogP contribution is -2.50. The van der Waals surface area contributed by atoms with Gasteiger partial charge in [-0.2, -0.15) is 4.31 Å². The number of rotatable bonds is 11. The van der Waals surface area contributed by atoms with Gasteiger partial charge < -0.3 is 61.7 Å². The predicted molar refractivity (Wildman–Crippen MR) is 546 cm³/mol. The van der Waals surface area contributed by atoms with E-state index in [1.807, 2.05) is 233 Å². The summed E-state index contributed by atoms with van der Waals surface area (Å²) in [6.45, 7) is 21.0. The molecule has 20 heterocycles. The van der Waals surface area contributed by atoms with Crippen molar-refractivity contribution in [2.45, 2.75) is 48.0 Å². The number of amides is 6. The van der Waals surface area contributed by atoms with Gasteiger partial charge in [0.1, 0.15) is 84.3 Å². The molecule has 0 bridgehead atoms. The number of sulfone groups is 1. The Balaban J connectivity index is 0.000000107. The molecule has 0 radical (unpaired) electrons. The monoisotopic (exact) mass is 2000 g/mol. The minimum absolute atomic E-state index is 0.00213. The minimum atomic E-state index is -3.25. The second-order valence-corrected chi connectivity index (χ2v) is 41.0. The van der Waals surface area contributed by atoms with Crippen molar-refractivity contribution in [1.29, 1.82) is 0 Å². The number of oxazole rings is 5. The van der Waals surface area contributed by atoms with Gasteiger partial charge in [0.05, 0.1) is 48.7 Å². The number of aromatic nitrogens is 15. The SMILES string of the molecule is CC(=O)N1CCN(C(=O)c2cnc3ccc(-c4ccc5oc(C)nc5c4)cn23)CC1.Cc1nc2cc(-c3ccc4ncc(C(=O)N5CCCN(C)CC5)n4c3)ccc2o1.Cc1nc2cc(-c3ccc4ncc(C(=O)N5CCN(S(C)(=O)=O)CC5)n4c3)ccc2o1.Cc1nc2cc(-c3ccc4ncc(C(=O)N5CCNCC5)n4c3)ccc2o1.Cc1nc2cc(-c3ccc4ncc(C(=O)N5CCS(=O)(=O)CC5)n4c3)ccc2o1. The summed E-state index contributed by atoms with van der Waals surface area (Å²) in [4.78, 5) is 134. The zero-order valence-electron chi connectivity index (χ0n) is 81.3. The number of hydrogen-bond acceptors (Lipinski definition) is 27. The zero-order valence-corrected chi connectivity index (χ0v) is 82.9. The molecular formula is C105H102N24O15S2. The first-order valence-corrected chi connectivity index (χ1v) is 51.6. The maximum absolute atomic E-state index is 13.2. The van der Waals surface area contributed by atoms with Crippen molar-refractivity contribution in [2.24, 2.45) is 0 Å². The molecule has 5 aliphatic heterocycles. The Morgan fingerprint density at radius 1 is 0.308 bits per heavy atom. The number of fused-ring (bicyclic) bond motifs is 10. The van der Waals surface area contributed by atoms with Crippen molar-refractivity contribution < 1.29 is 67.7 Å². The van der Waals surface area contributed by atoms with Crippen molar-refractivity contribution in [3.63, 3.8) is 0 Å². The van der Waals surface area contributed by atoms with Crippen LogP contribution in [-0.4, -0.2) is 305 Å². The number of likely N-dealkylation sites (N-methyl/N-ethyl adjacent to an activating group) is 1. The Morgan fingerprint density at radius 3 is 0.836 bits per heavy atom. The lowest BCUT2D eigenvalue weighted by atomic mass is 10.1. The molecule has 20 aromatic rings. The molecule has 5 fully saturated rings. The van der Waals surface area contributed by atoms with Gasteiger partial charge >= 0.3 is 0 Å². The van der Waals surface area contributed by atoms with E-state index in [1.165, 1.54) is 16.8 Å². The lowest BCUT2D eigenvalue weighted by molar-refractivity contribution is -0.130. The van der Waals surface area contributed by atoms with Crippen molar-refractivity contribution >= 4 is 139 Å². The number of hydrogen-bond donors (Lipinski definition) is 1. The van der Waals surface area contributed by atoms with Gasteiger partial charge in [-0.1, -0.05) is 30.3 Å². The van der Waals surface area contributed by atoms with E-state index in [2.05, 4.69) is 67.1 Å². The number of aryl methyl sites for hydroxylation is 5. The van der Waals surface area contributed by atoms with Crippen LogP contribution in [0.15, 0.2) is 236 Å². The largest absolute Gasteiger partial charge is 0.441 e. The van der Waals surface area contributed by atoms with Crippen LogP contribution in [0.4, 0.5) is 0 Å². The fourth-order valence-electron chi connectivity index (χ4n) is 18.9. The van der Waals surface area contributed by atoms with E-state index in [4.69, 9.17) is 22.1 Å². The van der Waals surface area contributed by atoms with Gasteiger partial charge in [0, 0.05) is 184 Å². The number of piperazine rings is 3. The summed E-state index contributed by atoms with van der Waals surface area (Å²) in [6.07, 6.45) is 19.9. The molecule has 25 rings (SSSR count). The highest BCUT2D eigenvalue weighted by molar-refractivity contribution is 7.91. The molecule has 15 aromatic heterocycles. The molecule has 0 unspecified atom stereocenters. The van der Waals surface area contributed by atoms with Gasteiger partial charge in [0.25, 0.3) is 29.5 Å². The smallest absolute Gasteiger partial charge is 0.272 e. The van der Waals surface area contributed by atoms with E-state index < -0.39 is 19.9 Å². The molecule has 0 spiro atoms. The van der Waals surface area contributed by atoms with E-state index in [9.17, 15) is 45.6 Å². The van der Waals surface area contributed by atoms with Crippen molar-refractivity contribution in [2.75, 3.05) is 143 Å². The zero-order chi connectivity index (χ0) is 101. The van der Waals surface area contributed by atoms with Crippen LogP contribution in [0.5, 0.6) is 0 Å². The summed E-state index contributed by atoms with van der Waals surface area (Å²) >= 11 is 0. The number of sulfonamides is 1. The molecule has 5 saturated heterocycles. The Morgan fingerprint density at radius 2 is 0.555 bits per heavy atom. The normalized spacial score (nSPS) is 15.5. The number of benzene rings is 5. The highest BCUT2D eigenvalue weighted by Gasteiger charge is 2.33. The second kappa shape index (κ2) is 39.7. The van der Waals surface area contributed by atoms with Crippen LogP contribution in [0.2, 0.25) is 0 Å². The van der Waals surface area contributed by atoms with Gasteiger partial charge in [-0.25, -0.2) is 66.7 Å². The van der Waals surface area contributed by atoms with Gasteiger partial charge in [-0.3, -0.25) is 50.8 Å². The third-order valence-corrected chi connectivity index (χ3v) is 29.7. The quantitative estimate of drug-likeness (QED) is 0.126. The fraction of sp³-hybridized carbons (Fsp3) is 0.276. The van der Waals surface area contributed by atoms with Crippen LogP contribution >= 0.6 is 0 Å². The Labute approximate surface area is 835 Å². The average molecular weight is 2000 g/mol. The first kappa shape index (κ1) is 95.7. The molecule has 146 heavy (non-hydrogen) atoms. The third kappa shape index (κ3) is 20.0. The van der Waals surface area contributed by atoms with E-state index in [0.29, 0.717) is 140 Å². The number of carbonyl (C=O) groups is 6. The standard InChI is InChI=1S/C22H21N5O3.C22H23N5O2.C21H21N5O4S.C20H19N5O2.C20H18N4O4S/c1-14-24-18-11-16(3-5-20(18)30-14)17-4-6-21-23-12-19(27(21)13-17)22(29)26-9-7-25(8-10-26)15(2)28;1-15-24-18-12-16(4-6-20(18)29-15)17-5-7-21-23-13-19(27(21)14-17)22(28)26-9-3-8-25(2)10-11-26;1-14-23-17-11-15(3-5-19(17)30-14)16-4-6-20-22-12-18(26(20)13-16)21(27)24-7-9-25(10-8-24)31(2,28)29;1-13-23-16-10-14(2-4-18(16)27-13)15-3-5-19-22-11-17(25(19)12-15)20(26)24-8-6-21-7-9-24;1-13-22-16-10-14(2-4-18(16)28-13)15-3-5-19-21-11-17(24(19)12-15)20(25)23-6-8-29(26,27)9-7-23/h3-6,11-13H,7-10H2,1-2H3;4-7,12-14H,3,8-11H2,1-2H3;3-6,11-13H,7-10H2,1-2H3;2-5,10-12,21H,6-9H2,1H3;2-5,10-12H,6-9H2,1H3. The topological polar surface area (TPSA) is 425 Å². The summed E-state index contributed by atoms with van der Waals surface area (Å²) in [5.74, 6) is 2.78. The molecule has 39 nitrogen and oxygen atoms in total. The highest BCUT2D eigenvalue weighted by atomic mass is 32.2. The summed E-state index contributed by atoms with van der Waals surface area (Å²) in [7, 11) is -4.20. The maximum Gasteiger partial charge on any atom is 0.272 e. The maximum atomic E-state index is 13.2. The second-order valence-electron chi connectivity index (χ2n) is 36.7. The van der Waals surface area contributed by atoms with E-state index >= 15 is 0 Å². The number of imidazole rings is 5. The fourth-order valence-corrected chi connectivity index (χ4v) is 21.0. The molecule has 5 aliphatic rings. The molecule has 5 aromatic carbocycles. The predicted octanol–water partition coefficient (Wildman–Crippen LogP) is 13.0. The molecule has 1 N–H and O–H groups in total. The van der Waals surface area contributed by atoms with E-state index in [-0.39, 0.29) is 60.0 Å². The highest BCUT2D eigenvalue weighted by Crippen LogP contribution is 2.34. The first-order valence-electron chi connectivity index (χ1n) is 48.0. The molecule has 6 amide bonds. The summed E-state index contributed by atoms with van der Waals surface area (Å²) < 4.78 is 85.0. The Kier molecular flexibility index (Phi) is 26.0. The molecule has 744 valence electrons. The van der Waals surface area contributed by atoms with Crippen molar-refractivity contribution in [3.8, 4) is 55.6 Å². The average Bonchev–Trinajstić information content (AvgIpc) is 1.64. The first-order chi connectivity index (χ1) is 70.4. The van der Waals surface area contributed by atoms with Crippen LogP contribution in [0.25, 0.3) is 139 Å². The number of pyridine rings is 5.